The molecule has 0 saturated carbocycles. The molecule has 0 bridgehead atoms. The molecule has 0 aliphatic carbocycles. The molecule has 1 rings (SSSR count). The minimum atomic E-state index is -4.60. The van der Waals surface area contributed by atoms with Crippen LogP contribution < -0.4 is 0 Å². The first-order chi connectivity index (χ1) is 8.24. The van der Waals surface area contributed by atoms with Gasteiger partial charge in [-0.25, -0.2) is 4.39 Å². The molecule has 0 aliphatic rings. The summed E-state index contributed by atoms with van der Waals surface area (Å²) in [6.45, 7) is 3.80. The summed E-state index contributed by atoms with van der Waals surface area (Å²) in [4.78, 5) is 0. The van der Waals surface area contributed by atoms with Gasteiger partial charge in [-0.1, -0.05) is 20.3 Å². The van der Waals surface area contributed by atoms with Crippen LogP contribution in [-0.4, -0.2) is 5.11 Å². The number of hydrogen-bond donors (Lipinski definition) is 1. The summed E-state index contributed by atoms with van der Waals surface area (Å²) in [6, 6.07) is 2.18. The van der Waals surface area contributed by atoms with E-state index in [-0.39, 0.29) is 11.5 Å². The summed E-state index contributed by atoms with van der Waals surface area (Å²) in [6.07, 6.45) is -4.56. The van der Waals surface area contributed by atoms with Gasteiger partial charge in [-0.05, 0) is 36.1 Å². The van der Waals surface area contributed by atoms with Gasteiger partial charge in [0.2, 0.25) is 0 Å². The second kappa shape index (κ2) is 5.69. The number of aliphatic hydroxyl groups is 1. The molecule has 5 heteroatoms. The molecule has 18 heavy (non-hydrogen) atoms. The third-order valence-corrected chi connectivity index (χ3v) is 2.95. The number of rotatable bonds is 4. The van der Waals surface area contributed by atoms with Gasteiger partial charge >= 0.3 is 6.18 Å². The summed E-state index contributed by atoms with van der Waals surface area (Å²) in [5.74, 6) is -0.819. The van der Waals surface area contributed by atoms with Crippen LogP contribution in [0.4, 0.5) is 17.6 Å². The quantitative estimate of drug-likeness (QED) is 0.803. The highest BCUT2D eigenvalue weighted by Gasteiger charge is 2.32. The molecule has 2 atom stereocenters. The molecule has 0 aliphatic heterocycles. The van der Waals surface area contributed by atoms with E-state index < -0.39 is 23.7 Å². The van der Waals surface area contributed by atoms with Crippen LogP contribution in [0.15, 0.2) is 18.2 Å². The molecule has 1 N–H and O–H groups in total. The zero-order chi connectivity index (χ0) is 13.9. The third kappa shape index (κ3) is 3.98. The molecule has 1 nitrogen and oxygen atoms in total. The zero-order valence-electron chi connectivity index (χ0n) is 10.3. The van der Waals surface area contributed by atoms with Crippen molar-refractivity contribution in [2.75, 3.05) is 0 Å². The minimum Gasteiger partial charge on any atom is -0.388 e. The number of alkyl halides is 3. The van der Waals surface area contributed by atoms with Crippen molar-refractivity contribution < 1.29 is 22.7 Å². The third-order valence-electron chi connectivity index (χ3n) is 2.95. The van der Waals surface area contributed by atoms with Crippen LogP contribution in [-0.2, 0) is 6.18 Å². The lowest BCUT2D eigenvalue weighted by Crippen LogP contribution is -2.09. The van der Waals surface area contributed by atoms with Gasteiger partial charge in [0.15, 0.2) is 0 Å². The van der Waals surface area contributed by atoms with Crippen LogP contribution in [0.2, 0.25) is 0 Å². The van der Waals surface area contributed by atoms with E-state index in [4.69, 9.17) is 0 Å². The fraction of sp³-hybridized carbons (Fsp3) is 0.538. The second-order valence-electron chi connectivity index (χ2n) is 4.54. The monoisotopic (exact) mass is 264 g/mol. The molecule has 0 amide bonds. The maximum absolute atomic E-state index is 13.1. The summed E-state index contributed by atoms with van der Waals surface area (Å²) in [5, 5.41) is 9.80. The van der Waals surface area contributed by atoms with Crippen LogP contribution in [0.5, 0.6) is 0 Å². The second-order valence-corrected chi connectivity index (χ2v) is 4.54. The zero-order valence-corrected chi connectivity index (χ0v) is 10.3. The fourth-order valence-electron chi connectivity index (χ4n) is 1.65. The van der Waals surface area contributed by atoms with Gasteiger partial charge in [0.1, 0.15) is 5.82 Å². The van der Waals surface area contributed by atoms with Crippen molar-refractivity contribution in [1.29, 1.82) is 0 Å². The topological polar surface area (TPSA) is 20.2 Å². The van der Waals surface area contributed by atoms with Crippen LogP contribution in [0, 0.1) is 11.7 Å². The highest BCUT2D eigenvalue weighted by atomic mass is 19.4. The van der Waals surface area contributed by atoms with E-state index >= 15 is 0 Å². The Morgan fingerprint density at radius 3 is 2.33 bits per heavy atom. The van der Waals surface area contributed by atoms with Crippen molar-refractivity contribution in [2.45, 2.75) is 39.0 Å². The van der Waals surface area contributed by atoms with E-state index in [2.05, 4.69) is 0 Å². The van der Waals surface area contributed by atoms with Crippen molar-refractivity contribution in [3.8, 4) is 0 Å². The molecule has 0 aromatic heterocycles. The normalized spacial score (nSPS) is 15.5. The first-order valence-corrected chi connectivity index (χ1v) is 5.79. The van der Waals surface area contributed by atoms with Crippen LogP contribution in [0.25, 0.3) is 0 Å². The fourth-order valence-corrected chi connectivity index (χ4v) is 1.65. The predicted molar refractivity (Wildman–Crippen MR) is 60.4 cm³/mol. The van der Waals surface area contributed by atoms with Gasteiger partial charge in [-0.3, -0.25) is 0 Å². The lowest BCUT2D eigenvalue weighted by atomic mass is 9.95. The maximum Gasteiger partial charge on any atom is 0.416 e. The Labute approximate surface area is 103 Å². The Kier molecular flexibility index (Phi) is 4.73. The van der Waals surface area contributed by atoms with Crippen molar-refractivity contribution >= 4 is 0 Å². The molecule has 0 radical (unpaired) electrons. The van der Waals surface area contributed by atoms with E-state index in [1.807, 2.05) is 13.8 Å². The van der Waals surface area contributed by atoms with Gasteiger partial charge in [0.25, 0.3) is 0 Å². The number of aliphatic hydroxyl groups excluding tert-OH is 1. The highest BCUT2D eigenvalue weighted by Crippen LogP contribution is 2.33. The van der Waals surface area contributed by atoms with Gasteiger partial charge < -0.3 is 5.11 Å². The lowest BCUT2D eigenvalue weighted by Gasteiger charge is -2.17. The van der Waals surface area contributed by atoms with Gasteiger partial charge in [-0.15, -0.1) is 0 Å². The Morgan fingerprint density at radius 2 is 1.83 bits per heavy atom. The first-order valence-electron chi connectivity index (χ1n) is 5.79. The molecular weight excluding hydrogens is 248 g/mol. The van der Waals surface area contributed by atoms with Crippen molar-refractivity contribution in [3.63, 3.8) is 0 Å². The first kappa shape index (κ1) is 15.0. The Hall–Kier alpha value is -1.10. The predicted octanol–water partition coefficient (Wildman–Crippen LogP) is 4.31. The molecule has 1 aromatic carbocycles. The summed E-state index contributed by atoms with van der Waals surface area (Å²) in [7, 11) is 0. The minimum absolute atomic E-state index is 0.0253. The van der Waals surface area contributed by atoms with Gasteiger partial charge in [-0.2, -0.15) is 13.2 Å². The van der Waals surface area contributed by atoms with Crippen LogP contribution >= 0.6 is 0 Å². The molecular formula is C13H16F4O. The number of halogens is 4. The molecule has 0 saturated heterocycles. The average Bonchev–Trinajstić information content (AvgIpc) is 2.26. The molecule has 0 fully saturated rings. The Bertz CT molecular complexity index is 400. The smallest absolute Gasteiger partial charge is 0.388 e. The van der Waals surface area contributed by atoms with Gasteiger partial charge in [0, 0.05) is 0 Å². The largest absolute Gasteiger partial charge is 0.416 e. The molecule has 0 heterocycles. The number of hydrogen-bond acceptors (Lipinski definition) is 1. The lowest BCUT2D eigenvalue weighted by molar-refractivity contribution is -0.137. The molecule has 102 valence electrons. The maximum atomic E-state index is 13.1. The molecule has 2 unspecified atom stereocenters. The number of benzene rings is 1. The summed E-state index contributed by atoms with van der Waals surface area (Å²) in [5.41, 5.74) is -1.09. The molecule has 0 spiro atoms. The summed E-state index contributed by atoms with van der Waals surface area (Å²) < 4.78 is 50.6. The van der Waals surface area contributed by atoms with Crippen molar-refractivity contribution in [1.82, 2.24) is 0 Å². The Morgan fingerprint density at radius 1 is 1.22 bits per heavy atom. The van der Waals surface area contributed by atoms with E-state index in [1.165, 1.54) is 0 Å². The average molecular weight is 264 g/mol. The SMILES string of the molecule is CCC(C)CC(O)c1cc(F)cc(C(F)(F)F)c1. The molecule has 1 aromatic rings. The van der Waals surface area contributed by atoms with Crippen LogP contribution in [0.3, 0.4) is 0 Å². The highest BCUT2D eigenvalue weighted by molar-refractivity contribution is 5.28. The van der Waals surface area contributed by atoms with Crippen molar-refractivity contribution in [3.05, 3.63) is 35.1 Å². The van der Waals surface area contributed by atoms with E-state index in [9.17, 15) is 22.7 Å². The van der Waals surface area contributed by atoms with Crippen molar-refractivity contribution in [2.24, 2.45) is 5.92 Å². The van der Waals surface area contributed by atoms with E-state index in [0.29, 0.717) is 12.5 Å². The van der Waals surface area contributed by atoms with Gasteiger partial charge in [0.05, 0.1) is 11.7 Å². The van der Waals surface area contributed by atoms with E-state index in [1.54, 1.807) is 0 Å². The van der Waals surface area contributed by atoms with Crippen LogP contribution in [0.1, 0.15) is 43.9 Å². The van der Waals surface area contributed by atoms with E-state index in [0.717, 1.165) is 18.6 Å². The summed E-state index contributed by atoms with van der Waals surface area (Å²) >= 11 is 0. The standard InChI is InChI=1S/C13H16F4O/c1-3-8(2)4-12(18)9-5-10(13(15,16)17)7-11(14)6-9/h5-8,12,18H,3-4H2,1-2H3. The Balaban J connectivity index is 2.99.